The van der Waals surface area contributed by atoms with Crippen molar-refractivity contribution in [2.45, 2.75) is 6.42 Å². The van der Waals surface area contributed by atoms with E-state index in [0.29, 0.717) is 9.46 Å². The number of hydrogen-bond acceptors (Lipinski definition) is 5. The van der Waals surface area contributed by atoms with Crippen molar-refractivity contribution in [1.82, 2.24) is 5.43 Å². The Kier molecular flexibility index (Phi) is 3.72. The van der Waals surface area contributed by atoms with Crippen LogP contribution < -0.4 is 14.9 Å². The summed E-state index contributed by atoms with van der Waals surface area (Å²) in [6.45, 7) is 0. The highest BCUT2D eigenvalue weighted by Crippen LogP contribution is 2.03. The summed E-state index contributed by atoms with van der Waals surface area (Å²) < 4.78 is 1.08. The number of hydrazone groups is 1. The molecule has 100 valence electrons. The molecule has 1 N–H and O–H groups in total. The lowest BCUT2D eigenvalue weighted by molar-refractivity contribution is -0.629. The fourth-order valence-corrected chi connectivity index (χ4v) is 1.57. The van der Waals surface area contributed by atoms with E-state index in [9.17, 15) is 15.2 Å². The van der Waals surface area contributed by atoms with Crippen LogP contribution in [-0.2, 0) is 4.79 Å². The van der Waals surface area contributed by atoms with Crippen LogP contribution in [0.3, 0.4) is 0 Å². The maximum absolute atomic E-state index is 12.0. The van der Waals surface area contributed by atoms with E-state index in [4.69, 9.17) is 5.26 Å². The van der Waals surface area contributed by atoms with Gasteiger partial charge in [0.1, 0.15) is 12.6 Å². The van der Waals surface area contributed by atoms with Gasteiger partial charge >= 0.3 is 5.69 Å². The number of para-hydroxylation sites is 2. The highest BCUT2D eigenvalue weighted by atomic mass is 16.5. The molecule has 2 aromatic rings. The van der Waals surface area contributed by atoms with Crippen LogP contribution in [0.4, 0.5) is 0 Å². The molecule has 1 aromatic carbocycles. The number of carbonyl (C=O) groups excluding carboxylic acids is 1. The lowest BCUT2D eigenvalue weighted by atomic mass is 10.3. The van der Waals surface area contributed by atoms with Gasteiger partial charge in [0.05, 0.1) is 6.07 Å². The lowest BCUT2D eigenvalue weighted by Gasteiger charge is -2.05. The number of nitrogens with one attached hydrogen (secondary N) is 1. The van der Waals surface area contributed by atoms with E-state index in [1.165, 1.54) is 12.1 Å². The molecule has 0 unspecified atom stereocenters. The standard InChI is InChI=1S/C12H9N5O3/c13-6-5-12(18)15-14-7-9-8-16(19)10-3-1-2-4-11(10)17(9)20/h1-4,7-8H,5H2,(H,15,18). The minimum atomic E-state index is -0.600. The van der Waals surface area contributed by atoms with Crippen molar-refractivity contribution < 1.29 is 14.3 Å². The normalized spacial score (nSPS) is 10.6. The number of benzene rings is 1. The molecule has 2 rings (SSSR count). The first kappa shape index (κ1) is 13.2. The van der Waals surface area contributed by atoms with Gasteiger partial charge in [0.15, 0.2) is 0 Å². The second-order valence-corrected chi connectivity index (χ2v) is 3.79. The van der Waals surface area contributed by atoms with E-state index in [2.05, 4.69) is 10.5 Å². The van der Waals surface area contributed by atoms with Crippen LogP contribution in [0.15, 0.2) is 35.6 Å². The third-order valence-corrected chi connectivity index (χ3v) is 2.45. The van der Waals surface area contributed by atoms with Gasteiger partial charge in [-0.25, -0.2) is 5.43 Å². The minimum Gasteiger partial charge on any atom is -0.618 e. The number of fused-ring (bicyclic) bond motifs is 1. The maximum Gasteiger partial charge on any atom is 0.302 e. The summed E-state index contributed by atoms with van der Waals surface area (Å²) in [5, 5.41) is 35.5. The number of aromatic nitrogens is 2. The fourth-order valence-electron chi connectivity index (χ4n) is 1.57. The van der Waals surface area contributed by atoms with Crippen LogP contribution in [0.5, 0.6) is 0 Å². The predicted molar refractivity (Wildman–Crippen MR) is 67.8 cm³/mol. The van der Waals surface area contributed by atoms with Gasteiger partial charge in [-0.3, -0.25) is 4.79 Å². The molecule has 0 aliphatic rings. The Morgan fingerprint density at radius 3 is 2.80 bits per heavy atom. The van der Waals surface area contributed by atoms with Crippen molar-refractivity contribution in [2.75, 3.05) is 0 Å². The number of amides is 1. The third-order valence-electron chi connectivity index (χ3n) is 2.45. The van der Waals surface area contributed by atoms with Gasteiger partial charge < -0.3 is 10.4 Å². The van der Waals surface area contributed by atoms with Crippen molar-refractivity contribution >= 4 is 23.2 Å². The molecule has 0 spiro atoms. The van der Waals surface area contributed by atoms with Crippen molar-refractivity contribution in [3.63, 3.8) is 0 Å². The summed E-state index contributed by atoms with van der Waals surface area (Å²) in [5.74, 6) is -0.600. The second-order valence-electron chi connectivity index (χ2n) is 3.79. The van der Waals surface area contributed by atoms with Gasteiger partial charge in [-0.2, -0.15) is 19.8 Å². The summed E-state index contributed by atoms with van der Waals surface area (Å²) in [5.41, 5.74) is 2.46. The SMILES string of the molecule is N#CCC(=O)NN=Cc1c[n+]([O-])c2ccccc2[n+]1[O-]. The molecule has 8 nitrogen and oxygen atoms in total. The van der Waals surface area contributed by atoms with Gasteiger partial charge in [0.2, 0.25) is 0 Å². The highest BCUT2D eigenvalue weighted by molar-refractivity contribution is 5.81. The van der Waals surface area contributed by atoms with Gasteiger partial charge in [-0.15, -0.1) is 0 Å². The summed E-state index contributed by atoms with van der Waals surface area (Å²) in [7, 11) is 0. The molecule has 20 heavy (non-hydrogen) atoms. The molecule has 0 saturated carbocycles. The largest absolute Gasteiger partial charge is 0.618 e. The van der Waals surface area contributed by atoms with Crippen molar-refractivity contribution in [3.8, 4) is 6.07 Å². The zero-order valence-electron chi connectivity index (χ0n) is 10.2. The molecular weight excluding hydrogens is 262 g/mol. The number of nitrogens with zero attached hydrogens (tertiary/aromatic N) is 4. The monoisotopic (exact) mass is 271 g/mol. The molecule has 0 fully saturated rings. The van der Waals surface area contributed by atoms with E-state index in [0.717, 1.165) is 12.4 Å². The lowest BCUT2D eigenvalue weighted by Crippen LogP contribution is -2.41. The second kappa shape index (κ2) is 5.62. The highest BCUT2D eigenvalue weighted by Gasteiger charge is 2.17. The first-order valence-electron chi connectivity index (χ1n) is 5.57. The smallest absolute Gasteiger partial charge is 0.302 e. The van der Waals surface area contributed by atoms with Gasteiger partial charge in [0.25, 0.3) is 23.1 Å². The first-order chi connectivity index (χ1) is 9.63. The third kappa shape index (κ3) is 2.62. The van der Waals surface area contributed by atoms with Crippen LogP contribution in [0.25, 0.3) is 11.0 Å². The first-order valence-corrected chi connectivity index (χ1v) is 5.57. The Balaban J connectivity index is 2.32. The fraction of sp³-hybridized carbons (Fsp3) is 0.0833. The van der Waals surface area contributed by atoms with Crippen LogP contribution in [0.1, 0.15) is 12.1 Å². The molecule has 0 atom stereocenters. The van der Waals surface area contributed by atoms with Gasteiger partial charge in [0, 0.05) is 12.1 Å². The van der Waals surface area contributed by atoms with Crippen LogP contribution >= 0.6 is 0 Å². The van der Waals surface area contributed by atoms with Gasteiger partial charge in [-0.1, -0.05) is 12.1 Å². The Morgan fingerprint density at radius 2 is 2.10 bits per heavy atom. The number of carbonyl (C=O) groups is 1. The van der Waals surface area contributed by atoms with Crippen molar-refractivity contribution in [2.24, 2.45) is 5.10 Å². The van der Waals surface area contributed by atoms with Crippen molar-refractivity contribution in [3.05, 3.63) is 46.6 Å². The zero-order chi connectivity index (χ0) is 14.5. The van der Waals surface area contributed by atoms with Gasteiger partial charge in [-0.05, 0) is 0 Å². The van der Waals surface area contributed by atoms with Crippen molar-refractivity contribution in [1.29, 1.82) is 5.26 Å². The molecule has 0 aliphatic heterocycles. The molecule has 1 amide bonds. The molecule has 1 aromatic heterocycles. The van der Waals surface area contributed by atoms with Crippen LogP contribution in [-0.4, -0.2) is 12.1 Å². The molecule has 0 radical (unpaired) electrons. The number of rotatable bonds is 3. The topological polar surface area (TPSA) is 119 Å². The molecular formula is C12H9N5O3. The Labute approximate surface area is 113 Å². The molecule has 8 heteroatoms. The predicted octanol–water partition coefficient (Wildman–Crippen LogP) is -0.530. The minimum absolute atomic E-state index is 0.0315. The Hall–Kier alpha value is -3.21. The maximum atomic E-state index is 12.0. The number of nitriles is 1. The Morgan fingerprint density at radius 1 is 1.40 bits per heavy atom. The molecule has 0 saturated heterocycles. The molecule has 0 aliphatic carbocycles. The summed E-state index contributed by atoms with van der Waals surface area (Å²) in [6, 6.07) is 7.95. The average molecular weight is 271 g/mol. The van der Waals surface area contributed by atoms with Crippen LogP contribution in [0, 0.1) is 21.7 Å². The Bertz CT molecular complexity index is 736. The van der Waals surface area contributed by atoms with E-state index >= 15 is 0 Å². The molecule has 1 heterocycles. The molecule has 0 bridgehead atoms. The summed E-state index contributed by atoms with van der Waals surface area (Å²) in [4.78, 5) is 11.0. The van der Waals surface area contributed by atoms with E-state index in [1.54, 1.807) is 18.2 Å². The summed E-state index contributed by atoms with van der Waals surface area (Å²) >= 11 is 0. The quantitative estimate of drug-likeness (QED) is 0.349. The zero-order valence-corrected chi connectivity index (χ0v) is 10.2. The summed E-state index contributed by atoms with van der Waals surface area (Å²) in [6.07, 6.45) is 1.76. The van der Waals surface area contributed by atoms with E-state index in [-0.39, 0.29) is 23.1 Å². The number of hydrogen-bond donors (Lipinski definition) is 1. The van der Waals surface area contributed by atoms with E-state index in [1.807, 2.05) is 0 Å². The average Bonchev–Trinajstić information content (AvgIpc) is 2.44. The van der Waals surface area contributed by atoms with E-state index < -0.39 is 5.91 Å². The van der Waals surface area contributed by atoms with Crippen LogP contribution in [0.2, 0.25) is 0 Å².